The third kappa shape index (κ3) is 3.65. The van der Waals surface area contributed by atoms with Gasteiger partial charge < -0.3 is 19.9 Å². The topological polar surface area (TPSA) is 61.9 Å². The molecule has 0 aliphatic carbocycles. The molecule has 148 valence electrons. The van der Waals surface area contributed by atoms with Crippen LogP contribution in [0.15, 0.2) is 6.07 Å². The van der Waals surface area contributed by atoms with Crippen molar-refractivity contribution in [2.24, 2.45) is 0 Å². The maximum Gasteiger partial charge on any atom is 0.261 e. The van der Waals surface area contributed by atoms with Crippen molar-refractivity contribution >= 4 is 23.2 Å². The molecule has 1 N–H and O–H groups in total. The molecule has 7 heteroatoms. The predicted octanol–water partition coefficient (Wildman–Crippen LogP) is 1.98. The van der Waals surface area contributed by atoms with Crippen LogP contribution in [0.2, 0.25) is 0 Å². The van der Waals surface area contributed by atoms with Gasteiger partial charge in [-0.05, 0) is 43.9 Å². The van der Waals surface area contributed by atoms with Crippen molar-refractivity contribution in [3.8, 4) is 0 Å². The number of carbonyl (C=O) groups excluding carboxylic acids is 2. The van der Waals surface area contributed by atoms with Gasteiger partial charge in [0.05, 0.1) is 17.5 Å². The number of hydrogen-bond donors (Lipinski definition) is 1. The first kappa shape index (κ1) is 18.9. The number of nitrogens with one attached hydrogen (secondary N) is 1. The molecular weight excluding hydrogens is 362 g/mol. The fourth-order valence-corrected chi connectivity index (χ4v) is 5.89. The minimum atomic E-state index is -0.204. The molecule has 4 rings (SSSR count). The minimum absolute atomic E-state index is 0.0546. The zero-order chi connectivity index (χ0) is 19.0. The zero-order valence-electron chi connectivity index (χ0n) is 16.3. The number of piperidine rings is 1. The van der Waals surface area contributed by atoms with Crippen molar-refractivity contribution in [3.05, 3.63) is 21.4 Å². The van der Waals surface area contributed by atoms with E-state index in [0.717, 1.165) is 50.4 Å². The van der Waals surface area contributed by atoms with Crippen LogP contribution in [0.3, 0.4) is 0 Å². The van der Waals surface area contributed by atoms with Gasteiger partial charge in [0, 0.05) is 38.0 Å². The van der Waals surface area contributed by atoms with Crippen LogP contribution >= 0.6 is 11.3 Å². The first-order valence-electron chi connectivity index (χ1n) is 10.0. The molecule has 1 unspecified atom stereocenters. The van der Waals surface area contributed by atoms with Crippen molar-refractivity contribution < 1.29 is 14.3 Å². The lowest BCUT2D eigenvalue weighted by molar-refractivity contribution is -0.126. The first-order chi connectivity index (χ1) is 13.0. The lowest BCUT2D eigenvalue weighted by atomic mass is 9.85. The monoisotopic (exact) mass is 391 g/mol. The molecule has 2 saturated heterocycles. The smallest absolute Gasteiger partial charge is 0.261 e. The van der Waals surface area contributed by atoms with Gasteiger partial charge in [-0.25, -0.2) is 0 Å². The number of rotatable bonds is 4. The van der Waals surface area contributed by atoms with Gasteiger partial charge in [-0.2, -0.15) is 0 Å². The molecule has 2 amide bonds. The summed E-state index contributed by atoms with van der Waals surface area (Å²) in [7, 11) is 1.78. The van der Waals surface area contributed by atoms with Gasteiger partial charge in [0.25, 0.3) is 5.91 Å². The Bertz CT molecular complexity index is 724. The lowest BCUT2D eigenvalue weighted by Crippen LogP contribution is -2.46. The molecule has 3 aliphatic heterocycles. The van der Waals surface area contributed by atoms with Crippen molar-refractivity contribution in [1.29, 1.82) is 0 Å². The quantitative estimate of drug-likeness (QED) is 0.853. The highest BCUT2D eigenvalue weighted by Gasteiger charge is 2.42. The van der Waals surface area contributed by atoms with Crippen molar-refractivity contribution in [1.82, 2.24) is 15.1 Å². The van der Waals surface area contributed by atoms with Crippen LogP contribution in [0, 0.1) is 0 Å². The zero-order valence-corrected chi connectivity index (χ0v) is 17.1. The van der Waals surface area contributed by atoms with Crippen molar-refractivity contribution in [2.75, 3.05) is 39.8 Å². The van der Waals surface area contributed by atoms with Crippen LogP contribution in [0.25, 0.3) is 0 Å². The molecule has 1 spiro atoms. The van der Waals surface area contributed by atoms with Gasteiger partial charge in [0.1, 0.15) is 5.60 Å². The fraction of sp³-hybridized carbons (Fsp3) is 0.700. The maximum absolute atomic E-state index is 12.8. The Hall–Kier alpha value is -1.44. The van der Waals surface area contributed by atoms with Gasteiger partial charge in [0.2, 0.25) is 5.91 Å². The molecule has 0 bridgehead atoms. The highest BCUT2D eigenvalue weighted by Crippen LogP contribution is 2.45. The van der Waals surface area contributed by atoms with Crippen LogP contribution in [-0.4, -0.2) is 67.5 Å². The highest BCUT2D eigenvalue weighted by atomic mass is 32.1. The van der Waals surface area contributed by atoms with Gasteiger partial charge in [-0.15, -0.1) is 11.3 Å². The average molecular weight is 392 g/mol. The third-order valence-corrected chi connectivity index (χ3v) is 7.44. The first-order valence-corrected chi connectivity index (χ1v) is 10.9. The molecule has 0 radical (unpaired) electrons. The Morgan fingerprint density at radius 2 is 2.19 bits per heavy atom. The number of likely N-dealkylation sites (N-methyl/N-ethyl adjacent to an activating group) is 1. The molecule has 2 fully saturated rings. The molecule has 1 aromatic rings. The Kier molecular flexibility index (Phi) is 5.27. The Balaban J connectivity index is 1.48. The average Bonchev–Trinajstić information content (AvgIpc) is 3.22. The number of nitrogens with zero attached hydrogens (tertiary/aromatic N) is 2. The van der Waals surface area contributed by atoms with E-state index < -0.39 is 0 Å². The van der Waals surface area contributed by atoms with E-state index in [1.54, 1.807) is 23.3 Å². The van der Waals surface area contributed by atoms with E-state index in [4.69, 9.17) is 4.74 Å². The number of likely N-dealkylation sites (tertiary alicyclic amines) is 2. The number of hydrogen-bond acceptors (Lipinski definition) is 5. The van der Waals surface area contributed by atoms with Crippen LogP contribution in [0.4, 0.5) is 0 Å². The van der Waals surface area contributed by atoms with Gasteiger partial charge in [-0.3, -0.25) is 9.59 Å². The summed E-state index contributed by atoms with van der Waals surface area (Å²) >= 11 is 1.59. The second kappa shape index (κ2) is 7.53. The molecule has 0 aromatic carbocycles. The van der Waals surface area contributed by atoms with Gasteiger partial charge in [0.15, 0.2) is 0 Å². The molecule has 1 aromatic heterocycles. The molecule has 3 aliphatic rings. The van der Waals surface area contributed by atoms with Crippen LogP contribution in [0.1, 0.15) is 52.7 Å². The van der Waals surface area contributed by atoms with Crippen molar-refractivity contribution in [2.45, 2.75) is 50.7 Å². The molecule has 6 nitrogen and oxygen atoms in total. The second-order valence-corrected chi connectivity index (χ2v) is 9.10. The number of amides is 2. The summed E-state index contributed by atoms with van der Waals surface area (Å²) in [5, 5.41) is 3.04. The van der Waals surface area contributed by atoms with E-state index in [1.807, 2.05) is 0 Å². The summed E-state index contributed by atoms with van der Waals surface area (Å²) in [5.74, 6) is 0.0398. The SMILES string of the molecule is CCCN1CCC2(CC1)OCCc1cc(C(=O)NC3CC(=O)N(C)C3)sc12. The van der Waals surface area contributed by atoms with E-state index >= 15 is 0 Å². The molecule has 1 atom stereocenters. The Morgan fingerprint density at radius 3 is 2.85 bits per heavy atom. The van der Waals surface area contributed by atoms with Gasteiger partial charge in [-0.1, -0.05) is 6.92 Å². The number of fused-ring (bicyclic) bond motifs is 2. The Labute approximate surface area is 164 Å². The lowest BCUT2D eigenvalue weighted by Gasteiger charge is -2.43. The molecule has 4 heterocycles. The van der Waals surface area contributed by atoms with E-state index in [2.05, 4.69) is 23.2 Å². The summed E-state index contributed by atoms with van der Waals surface area (Å²) < 4.78 is 6.31. The summed E-state index contributed by atoms with van der Waals surface area (Å²) in [6.45, 7) is 6.82. The molecule has 0 saturated carbocycles. The second-order valence-electron chi connectivity index (χ2n) is 8.05. The predicted molar refractivity (Wildman–Crippen MR) is 105 cm³/mol. The summed E-state index contributed by atoms with van der Waals surface area (Å²) in [6, 6.07) is 1.97. The van der Waals surface area contributed by atoms with Gasteiger partial charge >= 0.3 is 0 Å². The van der Waals surface area contributed by atoms with Crippen LogP contribution in [-0.2, 0) is 21.6 Å². The number of ether oxygens (including phenoxy) is 1. The normalized spacial score (nSPS) is 25.0. The maximum atomic E-state index is 12.8. The standard InChI is InChI=1S/C20H29N3O3S/c1-3-7-23-8-5-20(6-9-23)18-14(4-10-26-20)11-16(27-18)19(25)21-15-12-17(24)22(2)13-15/h11,15H,3-10,12-13H2,1-2H3,(H,21,25). The number of carbonyl (C=O) groups is 2. The van der Waals surface area contributed by atoms with Crippen LogP contribution in [0.5, 0.6) is 0 Å². The summed E-state index contributed by atoms with van der Waals surface area (Å²) in [6.07, 6.45) is 4.46. The summed E-state index contributed by atoms with van der Waals surface area (Å²) in [4.78, 5) is 30.7. The van der Waals surface area contributed by atoms with E-state index in [9.17, 15) is 9.59 Å². The van der Waals surface area contributed by atoms with E-state index in [-0.39, 0.29) is 23.5 Å². The minimum Gasteiger partial charge on any atom is -0.369 e. The Morgan fingerprint density at radius 1 is 1.41 bits per heavy atom. The van der Waals surface area contributed by atoms with E-state index in [1.165, 1.54) is 16.9 Å². The van der Waals surface area contributed by atoms with E-state index in [0.29, 0.717) is 13.0 Å². The molecule has 27 heavy (non-hydrogen) atoms. The third-order valence-electron chi connectivity index (χ3n) is 6.08. The van der Waals surface area contributed by atoms with Crippen LogP contribution < -0.4 is 5.32 Å². The number of thiophene rings is 1. The fourth-order valence-electron chi connectivity index (χ4n) is 4.58. The molecular formula is C20H29N3O3S. The highest BCUT2D eigenvalue weighted by molar-refractivity contribution is 7.14. The largest absolute Gasteiger partial charge is 0.369 e. The van der Waals surface area contributed by atoms with Crippen molar-refractivity contribution in [3.63, 3.8) is 0 Å². The summed E-state index contributed by atoms with van der Waals surface area (Å²) in [5.41, 5.74) is 1.07.